The van der Waals surface area contributed by atoms with Crippen LogP contribution in [0.15, 0.2) is 48.5 Å². The van der Waals surface area contributed by atoms with Crippen LogP contribution >= 0.6 is 0 Å². The van der Waals surface area contributed by atoms with Gasteiger partial charge in [-0.25, -0.2) is 0 Å². The number of ether oxygens (including phenoxy) is 1. The van der Waals surface area contributed by atoms with Gasteiger partial charge in [-0.3, -0.25) is 0 Å². The van der Waals surface area contributed by atoms with Crippen molar-refractivity contribution in [1.29, 1.82) is 0 Å². The van der Waals surface area contributed by atoms with Crippen molar-refractivity contribution in [2.45, 2.75) is 25.8 Å². The van der Waals surface area contributed by atoms with Crippen LogP contribution in [0.3, 0.4) is 0 Å². The fourth-order valence-corrected chi connectivity index (χ4v) is 2.48. The molecule has 21 heavy (non-hydrogen) atoms. The van der Waals surface area contributed by atoms with Crippen molar-refractivity contribution in [2.24, 2.45) is 0 Å². The molecule has 0 saturated carbocycles. The quantitative estimate of drug-likeness (QED) is 0.837. The molecule has 0 aliphatic rings. The van der Waals surface area contributed by atoms with E-state index in [1.807, 2.05) is 7.05 Å². The first-order valence-corrected chi connectivity index (χ1v) is 7.53. The van der Waals surface area contributed by atoms with Crippen molar-refractivity contribution >= 4 is 0 Å². The zero-order chi connectivity index (χ0) is 15.1. The molecule has 0 amide bonds. The van der Waals surface area contributed by atoms with Crippen LogP contribution < -0.4 is 5.32 Å². The maximum absolute atomic E-state index is 5.12. The average molecular weight is 283 g/mol. The van der Waals surface area contributed by atoms with Gasteiger partial charge >= 0.3 is 0 Å². The van der Waals surface area contributed by atoms with Crippen molar-refractivity contribution in [3.8, 4) is 0 Å². The zero-order valence-corrected chi connectivity index (χ0v) is 13.2. The fraction of sp³-hybridized carbons (Fsp3) is 0.368. The van der Waals surface area contributed by atoms with E-state index >= 15 is 0 Å². The van der Waals surface area contributed by atoms with E-state index in [-0.39, 0.29) is 0 Å². The number of methoxy groups -OCH3 is 1. The smallest absolute Gasteiger partial charge is 0.0502 e. The SMILES string of the molecule is CNC(Cc1ccc(C)cc1)c1ccc(CCOC)cc1. The van der Waals surface area contributed by atoms with Crippen molar-refractivity contribution < 1.29 is 4.74 Å². The molecule has 112 valence electrons. The van der Waals surface area contributed by atoms with E-state index in [0.29, 0.717) is 6.04 Å². The first-order valence-electron chi connectivity index (χ1n) is 7.53. The molecule has 0 aliphatic heterocycles. The molecule has 0 aromatic heterocycles. The number of aryl methyl sites for hydroxylation is 1. The normalized spacial score (nSPS) is 12.3. The Kier molecular flexibility index (Phi) is 5.97. The Labute approximate surface area is 128 Å². The highest BCUT2D eigenvalue weighted by molar-refractivity contribution is 5.28. The monoisotopic (exact) mass is 283 g/mol. The van der Waals surface area contributed by atoms with Crippen LogP contribution in [0.2, 0.25) is 0 Å². The van der Waals surface area contributed by atoms with E-state index in [4.69, 9.17) is 4.74 Å². The Morgan fingerprint density at radius 3 is 2.14 bits per heavy atom. The molecule has 2 aromatic carbocycles. The molecule has 0 fully saturated rings. The third-order valence-electron chi connectivity index (χ3n) is 3.89. The molecule has 1 N–H and O–H groups in total. The molecule has 0 saturated heterocycles. The topological polar surface area (TPSA) is 21.3 Å². The van der Waals surface area contributed by atoms with Crippen molar-refractivity contribution in [2.75, 3.05) is 20.8 Å². The van der Waals surface area contributed by atoms with Gasteiger partial charge in [-0.2, -0.15) is 0 Å². The Bertz CT molecular complexity index is 530. The number of likely N-dealkylation sites (N-methyl/N-ethyl adjacent to an activating group) is 1. The van der Waals surface area contributed by atoms with E-state index < -0.39 is 0 Å². The molecular weight excluding hydrogens is 258 g/mol. The number of nitrogens with one attached hydrogen (secondary N) is 1. The minimum Gasteiger partial charge on any atom is -0.384 e. The van der Waals surface area contributed by atoms with E-state index in [1.165, 1.54) is 22.3 Å². The van der Waals surface area contributed by atoms with Gasteiger partial charge in [-0.15, -0.1) is 0 Å². The Balaban J connectivity index is 2.04. The van der Waals surface area contributed by atoms with Gasteiger partial charge in [-0.05, 0) is 43.5 Å². The van der Waals surface area contributed by atoms with Crippen LogP contribution in [-0.2, 0) is 17.6 Å². The lowest BCUT2D eigenvalue weighted by atomic mass is 9.97. The molecule has 0 radical (unpaired) electrons. The summed E-state index contributed by atoms with van der Waals surface area (Å²) in [6, 6.07) is 18.0. The van der Waals surface area contributed by atoms with Gasteiger partial charge in [-0.1, -0.05) is 54.1 Å². The predicted octanol–water partition coefficient (Wildman–Crippen LogP) is 3.69. The van der Waals surface area contributed by atoms with E-state index in [2.05, 4.69) is 60.8 Å². The van der Waals surface area contributed by atoms with E-state index in [0.717, 1.165) is 19.4 Å². The minimum atomic E-state index is 0.351. The second-order valence-corrected chi connectivity index (χ2v) is 5.52. The summed E-state index contributed by atoms with van der Waals surface area (Å²) in [5.41, 5.74) is 5.33. The third-order valence-corrected chi connectivity index (χ3v) is 3.89. The van der Waals surface area contributed by atoms with Crippen molar-refractivity contribution in [1.82, 2.24) is 5.32 Å². The molecule has 2 rings (SSSR count). The molecule has 0 heterocycles. The molecule has 0 bridgehead atoms. The third kappa shape index (κ3) is 4.69. The summed E-state index contributed by atoms with van der Waals surface area (Å²) in [5.74, 6) is 0. The van der Waals surface area contributed by atoms with Crippen LogP contribution in [0.4, 0.5) is 0 Å². The average Bonchev–Trinajstić information content (AvgIpc) is 2.53. The van der Waals surface area contributed by atoms with Crippen LogP contribution in [-0.4, -0.2) is 20.8 Å². The lowest BCUT2D eigenvalue weighted by molar-refractivity contribution is 0.202. The van der Waals surface area contributed by atoms with Crippen molar-refractivity contribution in [3.63, 3.8) is 0 Å². The largest absolute Gasteiger partial charge is 0.384 e. The highest BCUT2D eigenvalue weighted by Crippen LogP contribution is 2.19. The van der Waals surface area contributed by atoms with Crippen LogP contribution in [0.1, 0.15) is 28.3 Å². The first-order chi connectivity index (χ1) is 10.2. The molecule has 2 nitrogen and oxygen atoms in total. The van der Waals surface area contributed by atoms with Gasteiger partial charge in [0.2, 0.25) is 0 Å². The number of hydrogen-bond acceptors (Lipinski definition) is 2. The van der Waals surface area contributed by atoms with Crippen LogP contribution in [0, 0.1) is 6.92 Å². The molecular formula is C19H25NO. The van der Waals surface area contributed by atoms with Gasteiger partial charge in [0.25, 0.3) is 0 Å². The van der Waals surface area contributed by atoms with E-state index in [9.17, 15) is 0 Å². The molecule has 1 unspecified atom stereocenters. The number of benzene rings is 2. The maximum Gasteiger partial charge on any atom is 0.0502 e. The van der Waals surface area contributed by atoms with Gasteiger partial charge in [0, 0.05) is 13.2 Å². The molecule has 0 spiro atoms. The highest BCUT2D eigenvalue weighted by atomic mass is 16.5. The summed E-state index contributed by atoms with van der Waals surface area (Å²) >= 11 is 0. The maximum atomic E-state index is 5.12. The Hall–Kier alpha value is -1.64. The highest BCUT2D eigenvalue weighted by Gasteiger charge is 2.10. The molecule has 2 aromatic rings. The van der Waals surface area contributed by atoms with Crippen molar-refractivity contribution in [3.05, 3.63) is 70.8 Å². The summed E-state index contributed by atoms with van der Waals surface area (Å²) in [6.07, 6.45) is 1.98. The zero-order valence-electron chi connectivity index (χ0n) is 13.2. The van der Waals surface area contributed by atoms with Gasteiger partial charge in [0.15, 0.2) is 0 Å². The summed E-state index contributed by atoms with van der Waals surface area (Å²) in [7, 11) is 3.77. The Morgan fingerprint density at radius 2 is 1.57 bits per heavy atom. The van der Waals surface area contributed by atoms with Gasteiger partial charge in [0.1, 0.15) is 0 Å². The van der Waals surface area contributed by atoms with Crippen LogP contribution in [0.25, 0.3) is 0 Å². The summed E-state index contributed by atoms with van der Waals surface area (Å²) < 4.78 is 5.12. The molecule has 1 atom stereocenters. The first kappa shape index (κ1) is 15.7. The second-order valence-electron chi connectivity index (χ2n) is 5.52. The van der Waals surface area contributed by atoms with Crippen LogP contribution in [0.5, 0.6) is 0 Å². The fourth-order valence-electron chi connectivity index (χ4n) is 2.48. The predicted molar refractivity (Wildman–Crippen MR) is 88.7 cm³/mol. The van der Waals surface area contributed by atoms with Gasteiger partial charge < -0.3 is 10.1 Å². The summed E-state index contributed by atoms with van der Waals surface area (Å²) in [4.78, 5) is 0. The number of rotatable bonds is 7. The minimum absolute atomic E-state index is 0.351. The summed E-state index contributed by atoms with van der Waals surface area (Å²) in [6.45, 7) is 2.90. The Morgan fingerprint density at radius 1 is 0.952 bits per heavy atom. The standard InChI is InChI=1S/C19H25NO/c1-15-4-6-17(7-5-15)14-19(20-2)18-10-8-16(9-11-18)12-13-21-3/h4-11,19-20H,12-14H2,1-3H3. The van der Waals surface area contributed by atoms with Gasteiger partial charge in [0.05, 0.1) is 6.61 Å². The lowest BCUT2D eigenvalue weighted by Gasteiger charge is -2.17. The lowest BCUT2D eigenvalue weighted by Crippen LogP contribution is -2.18. The van der Waals surface area contributed by atoms with E-state index in [1.54, 1.807) is 7.11 Å². The second kappa shape index (κ2) is 7.96. The molecule has 2 heteroatoms. The summed E-state index contributed by atoms with van der Waals surface area (Å²) in [5, 5.41) is 3.42. The number of hydrogen-bond donors (Lipinski definition) is 1. The molecule has 0 aliphatic carbocycles.